The van der Waals surface area contributed by atoms with Gasteiger partial charge in [0, 0.05) is 6.61 Å². The molecule has 1 aromatic rings. The van der Waals surface area contributed by atoms with Crippen molar-refractivity contribution in [3.05, 3.63) is 29.8 Å². The van der Waals surface area contributed by atoms with E-state index in [4.69, 9.17) is 9.47 Å². The van der Waals surface area contributed by atoms with E-state index < -0.39 is 11.7 Å². The quantitative estimate of drug-likeness (QED) is 0.768. The van der Waals surface area contributed by atoms with Crippen molar-refractivity contribution in [2.75, 3.05) is 13.7 Å². The summed E-state index contributed by atoms with van der Waals surface area (Å²) in [6.45, 7) is 6.32. The van der Waals surface area contributed by atoms with Crippen LogP contribution in [0.4, 0.5) is 0 Å². The van der Waals surface area contributed by atoms with E-state index in [0.29, 0.717) is 19.6 Å². The van der Waals surface area contributed by atoms with Gasteiger partial charge in [0.05, 0.1) is 25.4 Å². The van der Waals surface area contributed by atoms with Gasteiger partial charge in [0.2, 0.25) is 0 Å². The molecule has 1 aromatic carbocycles. The minimum atomic E-state index is -1.07. The predicted molar refractivity (Wildman–Crippen MR) is 78.7 cm³/mol. The van der Waals surface area contributed by atoms with Gasteiger partial charge in [-0.05, 0) is 43.9 Å². The summed E-state index contributed by atoms with van der Waals surface area (Å²) in [6.07, 6.45) is -0.214. The van der Waals surface area contributed by atoms with Crippen LogP contribution in [0, 0.1) is 5.92 Å². The number of hydrogen-bond acceptors (Lipinski definition) is 4. The molecule has 0 aliphatic carbocycles. The highest BCUT2D eigenvalue weighted by atomic mass is 16.5. The Kier molecular flexibility index (Phi) is 6.46. The third-order valence-electron chi connectivity index (χ3n) is 3.27. The molecule has 114 valence electrons. The molecule has 2 N–H and O–H groups in total. The first kappa shape index (κ1) is 17.0. The van der Waals surface area contributed by atoms with Crippen LogP contribution in [0.3, 0.4) is 0 Å². The Hall–Kier alpha value is -1.10. The average Bonchev–Trinajstić information content (AvgIpc) is 2.38. The molecule has 0 aliphatic heterocycles. The number of aliphatic hydroxyl groups excluding tert-OH is 1. The van der Waals surface area contributed by atoms with Gasteiger partial charge < -0.3 is 19.7 Å². The summed E-state index contributed by atoms with van der Waals surface area (Å²) in [5.74, 6) is 1.02. The molecule has 0 aromatic heterocycles. The molecule has 20 heavy (non-hydrogen) atoms. The fraction of sp³-hybridized carbons (Fsp3) is 0.625. The molecule has 4 heteroatoms. The lowest BCUT2D eigenvalue weighted by Gasteiger charge is -2.26. The first-order valence-electron chi connectivity index (χ1n) is 6.94. The Bertz CT molecular complexity index is 380. The van der Waals surface area contributed by atoms with Crippen LogP contribution in [0.15, 0.2) is 24.3 Å². The summed E-state index contributed by atoms with van der Waals surface area (Å²) in [6, 6.07) is 7.74. The first-order chi connectivity index (χ1) is 9.32. The highest BCUT2D eigenvalue weighted by molar-refractivity contribution is 5.26. The maximum absolute atomic E-state index is 9.81. The molecular weight excluding hydrogens is 256 g/mol. The van der Waals surface area contributed by atoms with Crippen molar-refractivity contribution in [3.8, 4) is 5.75 Å². The van der Waals surface area contributed by atoms with Crippen LogP contribution in [-0.2, 0) is 11.3 Å². The van der Waals surface area contributed by atoms with Gasteiger partial charge in [-0.25, -0.2) is 0 Å². The molecule has 2 atom stereocenters. The smallest absolute Gasteiger partial charge is 0.118 e. The molecular formula is C16H26O4. The Morgan fingerprint density at radius 2 is 1.80 bits per heavy atom. The summed E-state index contributed by atoms with van der Waals surface area (Å²) < 4.78 is 10.7. The average molecular weight is 282 g/mol. The number of rotatable bonds is 8. The van der Waals surface area contributed by atoms with Gasteiger partial charge in [-0.1, -0.05) is 19.1 Å². The number of hydrogen-bond donors (Lipinski definition) is 2. The molecule has 0 radical (unpaired) electrons. The summed E-state index contributed by atoms with van der Waals surface area (Å²) >= 11 is 0. The second-order valence-electron chi connectivity index (χ2n) is 5.87. The Labute approximate surface area is 121 Å². The van der Waals surface area contributed by atoms with E-state index in [1.54, 1.807) is 21.0 Å². The topological polar surface area (TPSA) is 58.9 Å². The van der Waals surface area contributed by atoms with Crippen LogP contribution >= 0.6 is 0 Å². The van der Waals surface area contributed by atoms with Gasteiger partial charge >= 0.3 is 0 Å². The molecule has 0 amide bonds. The maximum atomic E-state index is 9.81. The number of ether oxygens (including phenoxy) is 2. The van der Waals surface area contributed by atoms with Gasteiger partial charge in [-0.3, -0.25) is 0 Å². The fourth-order valence-electron chi connectivity index (χ4n) is 1.84. The van der Waals surface area contributed by atoms with Crippen LogP contribution in [0.1, 0.15) is 32.8 Å². The van der Waals surface area contributed by atoms with Crippen LogP contribution in [0.25, 0.3) is 0 Å². The lowest BCUT2D eigenvalue weighted by molar-refractivity contribution is -0.0626. The number of benzene rings is 1. The Morgan fingerprint density at radius 1 is 1.20 bits per heavy atom. The van der Waals surface area contributed by atoms with Crippen LogP contribution < -0.4 is 4.74 Å². The molecule has 0 aliphatic rings. The molecule has 0 saturated heterocycles. The lowest BCUT2D eigenvalue weighted by atomic mass is 9.93. The zero-order valence-electron chi connectivity index (χ0n) is 12.8. The molecule has 1 rings (SSSR count). The standard InChI is InChI=1S/C16H26O4/c1-12(9-15(17)16(2,3)18)10-20-11-13-5-7-14(19-4)8-6-13/h5-8,12,15,17-18H,9-11H2,1-4H3/t12-,15-/m1/s1. The van der Waals surface area contributed by atoms with E-state index in [2.05, 4.69) is 0 Å². The molecule has 0 spiro atoms. The largest absolute Gasteiger partial charge is 0.497 e. The van der Waals surface area contributed by atoms with E-state index in [1.807, 2.05) is 31.2 Å². The first-order valence-corrected chi connectivity index (χ1v) is 6.94. The van der Waals surface area contributed by atoms with E-state index in [0.717, 1.165) is 11.3 Å². The van der Waals surface area contributed by atoms with E-state index >= 15 is 0 Å². The fourth-order valence-corrected chi connectivity index (χ4v) is 1.84. The van der Waals surface area contributed by atoms with Crippen LogP contribution in [0.5, 0.6) is 5.75 Å². The molecule has 0 unspecified atom stereocenters. The summed E-state index contributed by atoms with van der Waals surface area (Å²) in [5, 5.41) is 19.5. The minimum Gasteiger partial charge on any atom is -0.497 e. The second kappa shape index (κ2) is 7.62. The highest BCUT2D eigenvalue weighted by Crippen LogP contribution is 2.18. The molecule has 4 nitrogen and oxygen atoms in total. The van der Waals surface area contributed by atoms with Gasteiger partial charge in [-0.15, -0.1) is 0 Å². The Balaban J connectivity index is 2.29. The SMILES string of the molecule is COc1ccc(COC[C@H](C)C[C@@H](O)C(C)(C)O)cc1. The summed E-state index contributed by atoms with van der Waals surface area (Å²) in [5.41, 5.74) is 0.0191. The Morgan fingerprint density at radius 3 is 2.30 bits per heavy atom. The van der Waals surface area contributed by atoms with Gasteiger partial charge in [0.25, 0.3) is 0 Å². The predicted octanol–water partition coefficient (Wildman–Crippen LogP) is 2.37. The van der Waals surface area contributed by atoms with Crippen molar-refractivity contribution >= 4 is 0 Å². The van der Waals surface area contributed by atoms with Crippen molar-refractivity contribution in [2.24, 2.45) is 5.92 Å². The van der Waals surface area contributed by atoms with Crippen molar-refractivity contribution in [3.63, 3.8) is 0 Å². The highest BCUT2D eigenvalue weighted by Gasteiger charge is 2.25. The van der Waals surface area contributed by atoms with Crippen molar-refractivity contribution < 1.29 is 19.7 Å². The molecule has 0 bridgehead atoms. The van der Waals surface area contributed by atoms with Crippen molar-refractivity contribution in [1.29, 1.82) is 0 Å². The van der Waals surface area contributed by atoms with Crippen molar-refractivity contribution in [2.45, 2.75) is 45.5 Å². The monoisotopic (exact) mass is 282 g/mol. The molecule has 0 saturated carbocycles. The summed E-state index contributed by atoms with van der Waals surface area (Å²) in [7, 11) is 1.64. The lowest BCUT2D eigenvalue weighted by Crippen LogP contribution is -2.37. The van der Waals surface area contributed by atoms with Crippen molar-refractivity contribution in [1.82, 2.24) is 0 Å². The van der Waals surface area contributed by atoms with Crippen LogP contribution in [0.2, 0.25) is 0 Å². The van der Waals surface area contributed by atoms with Crippen LogP contribution in [-0.4, -0.2) is 35.6 Å². The van der Waals surface area contributed by atoms with Gasteiger partial charge in [0.15, 0.2) is 0 Å². The second-order valence-corrected chi connectivity index (χ2v) is 5.87. The summed E-state index contributed by atoms with van der Waals surface area (Å²) in [4.78, 5) is 0. The molecule has 0 heterocycles. The van der Waals surface area contributed by atoms with E-state index in [1.165, 1.54) is 0 Å². The number of aliphatic hydroxyl groups is 2. The zero-order valence-corrected chi connectivity index (χ0v) is 12.8. The van der Waals surface area contributed by atoms with Gasteiger partial charge in [0.1, 0.15) is 5.75 Å². The zero-order chi connectivity index (χ0) is 15.2. The normalized spacial score (nSPS) is 14.9. The van der Waals surface area contributed by atoms with E-state index in [-0.39, 0.29) is 5.92 Å². The van der Waals surface area contributed by atoms with Gasteiger partial charge in [-0.2, -0.15) is 0 Å². The molecule has 0 fully saturated rings. The van der Waals surface area contributed by atoms with E-state index in [9.17, 15) is 10.2 Å². The maximum Gasteiger partial charge on any atom is 0.118 e. The number of methoxy groups -OCH3 is 1. The third kappa shape index (κ3) is 5.90. The minimum absolute atomic E-state index is 0.190. The third-order valence-corrected chi connectivity index (χ3v) is 3.27.